The van der Waals surface area contributed by atoms with E-state index in [1.54, 1.807) is 6.07 Å². The third kappa shape index (κ3) is 3.63. The summed E-state index contributed by atoms with van der Waals surface area (Å²) in [6.45, 7) is 8.58. The van der Waals surface area contributed by atoms with Gasteiger partial charge in [-0.25, -0.2) is 4.79 Å². The summed E-state index contributed by atoms with van der Waals surface area (Å²) < 4.78 is 0. The molecule has 0 saturated heterocycles. The quantitative estimate of drug-likeness (QED) is 0.810. The second-order valence-corrected chi connectivity index (χ2v) is 6.31. The van der Waals surface area contributed by atoms with Gasteiger partial charge in [0.25, 0.3) is 0 Å². The third-order valence-electron chi connectivity index (χ3n) is 3.42. The number of rotatable bonds is 2. The number of amides is 1. The first-order valence-corrected chi connectivity index (χ1v) is 6.99. The van der Waals surface area contributed by atoms with Gasteiger partial charge in [0.1, 0.15) is 0 Å². The Morgan fingerprint density at radius 1 is 1.10 bits per heavy atom. The topological polar surface area (TPSA) is 49.3 Å². The fraction of sp³-hybridized carbons (Fsp3) is 0.278. The van der Waals surface area contributed by atoms with Gasteiger partial charge < -0.3 is 5.11 Å². The maximum absolute atomic E-state index is 10.9. The van der Waals surface area contributed by atoms with Gasteiger partial charge in [-0.1, -0.05) is 62.7 Å². The number of hydrogen-bond acceptors (Lipinski definition) is 1. The molecule has 1 amide bonds. The molecule has 0 aromatic heterocycles. The molecule has 2 rings (SSSR count). The Balaban J connectivity index is 2.57. The van der Waals surface area contributed by atoms with E-state index in [2.05, 4.69) is 51.2 Å². The molecule has 3 nitrogen and oxygen atoms in total. The average molecular weight is 283 g/mol. The zero-order valence-electron chi connectivity index (χ0n) is 12.9. The van der Waals surface area contributed by atoms with Crippen molar-refractivity contribution in [2.75, 3.05) is 5.32 Å². The van der Waals surface area contributed by atoms with Crippen molar-refractivity contribution < 1.29 is 9.90 Å². The molecule has 2 aromatic rings. The van der Waals surface area contributed by atoms with Gasteiger partial charge in [-0.2, -0.15) is 0 Å². The number of aryl methyl sites for hydroxylation is 1. The van der Waals surface area contributed by atoms with E-state index in [1.165, 1.54) is 11.1 Å². The smallest absolute Gasteiger partial charge is 0.409 e. The lowest BCUT2D eigenvalue weighted by atomic mass is 9.84. The molecule has 0 fully saturated rings. The van der Waals surface area contributed by atoms with Crippen LogP contribution in [0.3, 0.4) is 0 Å². The number of nitrogens with one attached hydrogen (secondary N) is 1. The van der Waals surface area contributed by atoms with E-state index < -0.39 is 6.09 Å². The molecule has 3 heteroatoms. The summed E-state index contributed by atoms with van der Waals surface area (Å²) >= 11 is 0. The molecular weight excluding hydrogens is 262 g/mol. The highest BCUT2D eigenvalue weighted by molar-refractivity contribution is 5.90. The van der Waals surface area contributed by atoms with E-state index in [4.69, 9.17) is 5.11 Å². The van der Waals surface area contributed by atoms with Gasteiger partial charge >= 0.3 is 6.09 Å². The number of anilines is 1. The normalized spacial score (nSPS) is 11.2. The first kappa shape index (κ1) is 15.1. The Morgan fingerprint density at radius 3 is 2.38 bits per heavy atom. The van der Waals surface area contributed by atoms with Crippen LogP contribution in [0, 0.1) is 6.92 Å². The molecule has 2 aromatic carbocycles. The molecule has 0 unspecified atom stereocenters. The van der Waals surface area contributed by atoms with Crippen LogP contribution in [0.2, 0.25) is 0 Å². The van der Waals surface area contributed by atoms with Crippen LogP contribution in [0.15, 0.2) is 42.5 Å². The van der Waals surface area contributed by atoms with Crippen molar-refractivity contribution in [1.82, 2.24) is 0 Å². The molecule has 21 heavy (non-hydrogen) atoms. The van der Waals surface area contributed by atoms with Crippen LogP contribution in [-0.4, -0.2) is 11.2 Å². The molecule has 0 spiro atoms. The van der Waals surface area contributed by atoms with Crippen LogP contribution >= 0.6 is 0 Å². The van der Waals surface area contributed by atoms with E-state index in [1.807, 2.05) is 18.2 Å². The highest BCUT2D eigenvalue weighted by Gasteiger charge is 2.16. The Bertz CT molecular complexity index is 669. The lowest BCUT2D eigenvalue weighted by molar-refractivity contribution is 0.210. The van der Waals surface area contributed by atoms with Crippen molar-refractivity contribution in [3.05, 3.63) is 53.6 Å². The van der Waals surface area contributed by atoms with Crippen molar-refractivity contribution in [2.45, 2.75) is 33.1 Å². The standard InChI is InChI=1S/C18H21NO2/c1-12-9-13(11-14(10-12)18(2,3)4)15-7-5-6-8-16(15)19-17(20)21/h5-11,19H,1-4H3,(H,20,21). The van der Waals surface area contributed by atoms with Crippen LogP contribution in [0.25, 0.3) is 11.1 Å². The van der Waals surface area contributed by atoms with Crippen LogP contribution in [0.5, 0.6) is 0 Å². The molecule has 2 N–H and O–H groups in total. The second-order valence-electron chi connectivity index (χ2n) is 6.31. The predicted octanol–water partition coefficient (Wildman–Crippen LogP) is 5.05. The molecular formula is C18H21NO2. The number of carboxylic acid groups (broad SMARTS) is 1. The fourth-order valence-corrected chi connectivity index (χ4v) is 2.33. The van der Waals surface area contributed by atoms with Gasteiger partial charge in [-0.05, 0) is 29.5 Å². The summed E-state index contributed by atoms with van der Waals surface area (Å²) in [6, 6.07) is 13.9. The third-order valence-corrected chi connectivity index (χ3v) is 3.42. The van der Waals surface area contributed by atoms with Crippen LogP contribution in [0.1, 0.15) is 31.9 Å². The minimum absolute atomic E-state index is 0.0515. The minimum Gasteiger partial charge on any atom is -0.465 e. The first-order valence-electron chi connectivity index (χ1n) is 6.99. The van der Waals surface area contributed by atoms with Gasteiger partial charge in [-0.3, -0.25) is 5.32 Å². The molecule has 0 radical (unpaired) electrons. The second kappa shape index (κ2) is 5.60. The van der Waals surface area contributed by atoms with Gasteiger partial charge in [-0.15, -0.1) is 0 Å². The maximum atomic E-state index is 10.9. The summed E-state index contributed by atoms with van der Waals surface area (Å²) in [5, 5.41) is 11.4. The summed E-state index contributed by atoms with van der Waals surface area (Å²) in [4.78, 5) is 10.9. The van der Waals surface area contributed by atoms with E-state index in [0.29, 0.717) is 5.69 Å². The van der Waals surface area contributed by atoms with Gasteiger partial charge in [0, 0.05) is 5.56 Å². The summed E-state index contributed by atoms with van der Waals surface area (Å²) in [5.74, 6) is 0. The number of carbonyl (C=O) groups is 1. The molecule has 0 atom stereocenters. The van der Waals surface area contributed by atoms with Crippen molar-refractivity contribution in [1.29, 1.82) is 0 Å². The molecule has 0 aliphatic carbocycles. The average Bonchev–Trinajstić information content (AvgIpc) is 2.37. The zero-order valence-corrected chi connectivity index (χ0v) is 12.9. The van der Waals surface area contributed by atoms with E-state index in [0.717, 1.165) is 11.1 Å². The lowest BCUT2D eigenvalue weighted by Gasteiger charge is -2.21. The minimum atomic E-state index is -1.05. The predicted molar refractivity (Wildman–Crippen MR) is 87.0 cm³/mol. The monoisotopic (exact) mass is 283 g/mol. The van der Waals surface area contributed by atoms with Gasteiger partial charge in [0.15, 0.2) is 0 Å². The number of para-hydroxylation sites is 1. The highest BCUT2D eigenvalue weighted by atomic mass is 16.4. The Kier molecular flexibility index (Phi) is 4.03. The van der Waals surface area contributed by atoms with Crippen LogP contribution in [0.4, 0.5) is 10.5 Å². The van der Waals surface area contributed by atoms with Crippen molar-refractivity contribution in [3.63, 3.8) is 0 Å². The Hall–Kier alpha value is -2.29. The Labute approximate surface area is 125 Å². The largest absolute Gasteiger partial charge is 0.465 e. The number of benzene rings is 2. The molecule has 0 saturated carbocycles. The molecule has 0 bridgehead atoms. The zero-order chi connectivity index (χ0) is 15.6. The molecule has 0 aliphatic heterocycles. The van der Waals surface area contributed by atoms with E-state index in [-0.39, 0.29) is 5.41 Å². The summed E-state index contributed by atoms with van der Waals surface area (Å²) in [5.41, 5.74) is 5.00. The highest BCUT2D eigenvalue weighted by Crippen LogP contribution is 2.32. The fourth-order valence-electron chi connectivity index (χ4n) is 2.33. The number of hydrogen-bond donors (Lipinski definition) is 2. The molecule has 0 aliphatic rings. The van der Waals surface area contributed by atoms with Gasteiger partial charge in [0.05, 0.1) is 5.69 Å². The molecule has 110 valence electrons. The SMILES string of the molecule is Cc1cc(-c2ccccc2NC(=O)O)cc(C(C)(C)C)c1. The Morgan fingerprint density at radius 2 is 1.76 bits per heavy atom. The van der Waals surface area contributed by atoms with Gasteiger partial charge in [0.2, 0.25) is 0 Å². The van der Waals surface area contributed by atoms with Crippen molar-refractivity contribution in [3.8, 4) is 11.1 Å². The lowest BCUT2D eigenvalue weighted by Crippen LogP contribution is -2.12. The summed E-state index contributed by atoms with van der Waals surface area (Å²) in [6.07, 6.45) is -1.05. The van der Waals surface area contributed by atoms with E-state index >= 15 is 0 Å². The van der Waals surface area contributed by atoms with Crippen molar-refractivity contribution in [2.24, 2.45) is 0 Å². The molecule has 0 heterocycles. The first-order chi connectivity index (χ1) is 9.77. The van der Waals surface area contributed by atoms with E-state index in [9.17, 15) is 4.79 Å². The maximum Gasteiger partial charge on any atom is 0.409 e. The van der Waals surface area contributed by atoms with Crippen molar-refractivity contribution >= 4 is 11.8 Å². The van der Waals surface area contributed by atoms with Crippen LogP contribution < -0.4 is 5.32 Å². The summed E-state index contributed by atoms with van der Waals surface area (Å²) in [7, 11) is 0. The van der Waals surface area contributed by atoms with Crippen LogP contribution in [-0.2, 0) is 5.41 Å².